The quantitative estimate of drug-likeness (QED) is 0.178. The van der Waals surface area contributed by atoms with E-state index in [4.69, 9.17) is 0 Å². The van der Waals surface area contributed by atoms with Crippen molar-refractivity contribution in [3.05, 3.63) is 41.1 Å². The van der Waals surface area contributed by atoms with Crippen LogP contribution in [0.1, 0.15) is 19.4 Å². The molecule has 0 aromatic heterocycles. The molecular formula is C15H21N3O7. The summed E-state index contributed by atoms with van der Waals surface area (Å²) in [6, 6.07) is 7.69. The van der Waals surface area contributed by atoms with Crippen LogP contribution < -0.4 is 0 Å². The van der Waals surface area contributed by atoms with Gasteiger partial charge in [-0.05, 0) is 19.4 Å². The smallest absolute Gasteiger partial charge is 0.511 e. The summed E-state index contributed by atoms with van der Waals surface area (Å²) in [4.78, 5) is 27.0. The molecule has 138 valence electrons. The Balaban J connectivity index is 2.57. The van der Waals surface area contributed by atoms with Gasteiger partial charge in [0.2, 0.25) is 5.28 Å². The van der Waals surface area contributed by atoms with Gasteiger partial charge in [-0.15, -0.1) is 5.01 Å². The fourth-order valence-electron chi connectivity index (χ4n) is 1.77. The highest BCUT2D eigenvalue weighted by Crippen LogP contribution is 2.09. The van der Waals surface area contributed by atoms with E-state index in [9.17, 15) is 19.9 Å². The van der Waals surface area contributed by atoms with Gasteiger partial charge in [0.25, 0.3) is 6.79 Å². The van der Waals surface area contributed by atoms with Gasteiger partial charge in [-0.1, -0.05) is 30.3 Å². The van der Waals surface area contributed by atoms with E-state index in [1.54, 1.807) is 44.2 Å². The molecule has 1 aromatic carbocycles. The SMILES string of the molecule is CC(C)OC(=O)OCO/N=[N+](\[O-])N(C)[C@@H](Cc1ccccc1)C(=O)O. The van der Waals surface area contributed by atoms with Gasteiger partial charge < -0.3 is 24.6 Å². The number of hydrazine groups is 1. The molecule has 1 aromatic rings. The largest absolute Gasteiger partial charge is 0.569 e. The van der Waals surface area contributed by atoms with Crippen LogP contribution in [0.25, 0.3) is 0 Å². The van der Waals surface area contributed by atoms with E-state index < -0.39 is 25.0 Å². The molecule has 0 bridgehead atoms. The summed E-state index contributed by atoms with van der Waals surface area (Å²) in [5, 5.41) is 25.1. The lowest BCUT2D eigenvalue weighted by atomic mass is 10.1. The second-order valence-electron chi connectivity index (χ2n) is 5.26. The lowest BCUT2D eigenvalue weighted by Gasteiger charge is -2.20. The Bertz CT molecular complexity index is 592. The third-order valence-electron chi connectivity index (χ3n) is 2.97. The predicted octanol–water partition coefficient (Wildman–Crippen LogP) is 1.94. The van der Waals surface area contributed by atoms with E-state index in [1.165, 1.54) is 7.05 Å². The van der Waals surface area contributed by atoms with E-state index in [2.05, 4.69) is 19.6 Å². The molecule has 10 nitrogen and oxygen atoms in total. The number of benzene rings is 1. The molecule has 1 rings (SSSR count). The van der Waals surface area contributed by atoms with Gasteiger partial charge in [-0.3, -0.25) is 0 Å². The zero-order valence-corrected chi connectivity index (χ0v) is 14.2. The number of aliphatic carboxylic acids is 1. The summed E-state index contributed by atoms with van der Waals surface area (Å²) in [6.07, 6.45) is -1.23. The Morgan fingerprint density at radius 2 is 1.96 bits per heavy atom. The number of ether oxygens (including phenoxy) is 2. The average molecular weight is 355 g/mol. The van der Waals surface area contributed by atoms with Crippen LogP contribution in [-0.4, -0.2) is 53.2 Å². The van der Waals surface area contributed by atoms with Crippen LogP contribution >= 0.6 is 0 Å². The molecule has 0 aliphatic carbocycles. The van der Waals surface area contributed by atoms with E-state index in [0.29, 0.717) is 0 Å². The molecule has 0 heterocycles. The maximum absolute atomic E-state index is 11.8. The van der Waals surface area contributed by atoms with Gasteiger partial charge >= 0.3 is 12.1 Å². The zero-order chi connectivity index (χ0) is 18.8. The number of carbonyl (C=O) groups is 2. The summed E-state index contributed by atoms with van der Waals surface area (Å²) < 4.78 is 9.19. The molecule has 0 unspecified atom stereocenters. The summed E-state index contributed by atoms with van der Waals surface area (Å²) in [5.74, 6) is -1.20. The average Bonchev–Trinajstić information content (AvgIpc) is 2.55. The third-order valence-corrected chi connectivity index (χ3v) is 2.97. The molecular weight excluding hydrogens is 334 g/mol. The molecule has 1 atom stereocenters. The van der Waals surface area contributed by atoms with E-state index in [0.717, 1.165) is 10.6 Å². The zero-order valence-electron chi connectivity index (χ0n) is 14.2. The predicted molar refractivity (Wildman–Crippen MR) is 84.0 cm³/mol. The van der Waals surface area contributed by atoms with Gasteiger partial charge in [-0.25, -0.2) is 9.59 Å². The van der Waals surface area contributed by atoms with Gasteiger partial charge in [0.1, 0.15) is 0 Å². The molecule has 0 amide bonds. The van der Waals surface area contributed by atoms with Gasteiger partial charge in [-0.2, -0.15) is 0 Å². The lowest BCUT2D eigenvalue weighted by molar-refractivity contribution is -0.711. The molecule has 0 saturated carbocycles. The molecule has 10 heteroatoms. The standard InChI is InChI=1S/C15H21N3O7/c1-11(2)25-15(21)23-10-24-16-18(22)17(3)13(14(19)20)9-12-7-5-4-6-8-12/h4-8,11,13H,9-10H2,1-3H3,(H,19,20)/b18-16-/t13-/m0/s1. The number of carbonyl (C=O) groups excluding carboxylic acids is 1. The van der Waals surface area contributed by atoms with Gasteiger partial charge in [0.15, 0.2) is 6.04 Å². The fraction of sp³-hybridized carbons (Fsp3) is 0.467. The summed E-state index contributed by atoms with van der Waals surface area (Å²) in [6.45, 7) is 2.63. The monoisotopic (exact) mass is 355 g/mol. The van der Waals surface area contributed by atoms with E-state index in [-0.39, 0.29) is 17.5 Å². The van der Waals surface area contributed by atoms with E-state index in [1.807, 2.05) is 0 Å². The highest BCUT2D eigenvalue weighted by molar-refractivity contribution is 5.73. The Morgan fingerprint density at radius 3 is 2.52 bits per heavy atom. The second kappa shape index (κ2) is 9.96. The number of carboxylic acid groups (broad SMARTS) is 1. The Labute approximate surface area is 144 Å². The molecule has 1 N–H and O–H groups in total. The van der Waals surface area contributed by atoms with Gasteiger partial charge in [0, 0.05) is 6.42 Å². The Morgan fingerprint density at radius 1 is 1.32 bits per heavy atom. The number of hydrogen-bond donors (Lipinski definition) is 1. The summed E-state index contributed by atoms with van der Waals surface area (Å²) in [5.41, 5.74) is 0.746. The van der Waals surface area contributed by atoms with Crippen molar-refractivity contribution in [2.24, 2.45) is 5.28 Å². The molecule has 0 aliphatic heterocycles. The number of likely N-dealkylation sites (N-methyl/N-ethyl adjacent to an activating group) is 1. The lowest BCUT2D eigenvalue weighted by Crippen LogP contribution is -2.44. The van der Waals surface area contributed by atoms with Crippen molar-refractivity contribution in [1.29, 1.82) is 0 Å². The van der Waals surface area contributed by atoms with Crippen molar-refractivity contribution in [1.82, 2.24) is 5.01 Å². The minimum atomic E-state index is -1.20. The number of nitrogens with zero attached hydrogens (tertiary/aromatic N) is 3. The normalized spacial score (nSPS) is 12.4. The first kappa shape index (κ1) is 20.0. The van der Waals surface area contributed by atoms with Crippen LogP contribution in [0.3, 0.4) is 0 Å². The molecule has 0 fully saturated rings. The summed E-state index contributed by atoms with van der Waals surface area (Å²) >= 11 is 0. The topological polar surface area (TPSA) is 124 Å². The number of carboxylic acids is 1. The van der Waals surface area contributed by atoms with Crippen molar-refractivity contribution in [2.75, 3.05) is 13.8 Å². The Kier molecular flexibility index (Phi) is 7.97. The van der Waals surface area contributed by atoms with Crippen LogP contribution in [0.2, 0.25) is 0 Å². The van der Waals surface area contributed by atoms with Crippen LogP contribution in [0, 0.1) is 5.21 Å². The maximum Gasteiger partial charge on any atom is 0.511 e. The number of rotatable bonds is 9. The van der Waals surface area contributed by atoms with Crippen molar-refractivity contribution in [3.8, 4) is 0 Å². The van der Waals surface area contributed by atoms with E-state index >= 15 is 0 Å². The Hall–Kier alpha value is -3.04. The first-order chi connectivity index (χ1) is 11.8. The first-order valence-corrected chi connectivity index (χ1v) is 7.44. The highest BCUT2D eigenvalue weighted by Gasteiger charge is 2.29. The minimum absolute atomic E-state index is 0.0289. The molecule has 0 spiro atoms. The van der Waals surface area contributed by atoms with Crippen molar-refractivity contribution in [2.45, 2.75) is 32.4 Å². The number of hydrogen-bond acceptors (Lipinski definition) is 7. The molecule has 0 saturated heterocycles. The van der Waals surface area contributed by atoms with Crippen molar-refractivity contribution in [3.63, 3.8) is 0 Å². The second-order valence-corrected chi connectivity index (χ2v) is 5.26. The van der Waals surface area contributed by atoms with Crippen LogP contribution in [-0.2, 0) is 25.5 Å². The summed E-state index contributed by atoms with van der Waals surface area (Å²) in [7, 11) is 1.26. The van der Waals surface area contributed by atoms with Crippen LogP contribution in [0.4, 0.5) is 4.79 Å². The first-order valence-electron chi connectivity index (χ1n) is 7.44. The highest BCUT2D eigenvalue weighted by atomic mass is 16.8. The molecule has 25 heavy (non-hydrogen) atoms. The van der Waals surface area contributed by atoms with Crippen LogP contribution in [0.5, 0.6) is 0 Å². The molecule has 0 aliphatic rings. The third kappa shape index (κ3) is 7.38. The fourth-order valence-corrected chi connectivity index (χ4v) is 1.77. The molecule has 0 radical (unpaired) electrons. The maximum atomic E-state index is 11.8. The van der Waals surface area contributed by atoms with Crippen molar-refractivity contribution < 1.29 is 34.0 Å². The van der Waals surface area contributed by atoms with Crippen LogP contribution in [0.15, 0.2) is 35.6 Å². The van der Waals surface area contributed by atoms with Gasteiger partial charge in [0.05, 0.1) is 18.1 Å². The van der Waals surface area contributed by atoms with Crippen molar-refractivity contribution >= 4 is 12.1 Å². The minimum Gasteiger partial charge on any atom is -0.569 e.